The third-order valence-electron chi connectivity index (χ3n) is 1.82. The van der Waals surface area contributed by atoms with E-state index in [2.05, 4.69) is 9.72 Å². The molecule has 5 nitrogen and oxygen atoms in total. The van der Waals surface area contributed by atoms with Crippen molar-refractivity contribution in [2.75, 3.05) is 20.3 Å². The molecule has 2 rings (SSSR count). The van der Waals surface area contributed by atoms with Crippen LogP contribution in [0.2, 0.25) is 0 Å². The Bertz CT molecular complexity index is 364. The molecule has 5 heteroatoms. The molecule has 1 aromatic heterocycles. The summed E-state index contributed by atoms with van der Waals surface area (Å²) in [6.45, 7) is 0.990. The number of nitrogens with zero attached hydrogens (tertiary/aromatic N) is 1. The molecular formula is C9H9NO4. The van der Waals surface area contributed by atoms with Gasteiger partial charge in [-0.15, -0.1) is 0 Å². The van der Waals surface area contributed by atoms with Crippen LogP contribution in [0.4, 0.5) is 0 Å². The second-order valence-corrected chi connectivity index (χ2v) is 2.70. The van der Waals surface area contributed by atoms with Crippen molar-refractivity contribution in [2.45, 2.75) is 0 Å². The van der Waals surface area contributed by atoms with Crippen molar-refractivity contribution < 1.29 is 19.0 Å². The first-order valence-electron chi connectivity index (χ1n) is 4.15. The van der Waals surface area contributed by atoms with Crippen LogP contribution in [0.1, 0.15) is 10.5 Å². The molecule has 0 spiro atoms. The van der Waals surface area contributed by atoms with Crippen LogP contribution in [0.5, 0.6) is 11.5 Å². The zero-order chi connectivity index (χ0) is 9.97. The van der Waals surface area contributed by atoms with Crippen molar-refractivity contribution in [2.24, 2.45) is 0 Å². The fraction of sp³-hybridized carbons (Fsp3) is 0.333. The van der Waals surface area contributed by atoms with Crippen LogP contribution >= 0.6 is 0 Å². The Balaban J connectivity index is 2.33. The van der Waals surface area contributed by atoms with Crippen LogP contribution in [0.3, 0.4) is 0 Å². The lowest BCUT2D eigenvalue weighted by molar-refractivity contribution is 0.0592. The maximum Gasteiger partial charge on any atom is 0.356 e. The van der Waals surface area contributed by atoms with Gasteiger partial charge >= 0.3 is 5.97 Å². The number of methoxy groups -OCH3 is 1. The summed E-state index contributed by atoms with van der Waals surface area (Å²) in [4.78, 5) is 15.0. The Morgan fingerprint density at radius 1 is 1.43 bits per heavy atom. The molecule has 0 unspecified atom stereocenters. The number of fused-ring (bicyclic) bond motifs is 1. The lowest BCUT2D eigenvalue weighted by atomic mass is 10.3. The number of ether oxygens (including phenoxy) is 3. The highest BCUT2D eigenvalue weighted by Crippen LogP contribution is 2.29. The molecule has 0 aromatic carbocycles. The van der Waals surface area contributed by atoms with Gasteiger partial charge in [-0.2, -0.15) is 0 Å². The van der Waals surface area contributed by atoms with E-state index in [-0.39, 0.29) is 5.69 Å². The summed E-state index contributed by atoms with van der Waals surface area (Å²) < 4.78 is 15.1. The van der Waals surface area contributed by atoms with Crippen LogP contribution in [0.25, 0.3) is 0 Å². The number of carbonyl (C=O) groups excluding carboxylic acids is 1. The molecule has 0 aliphatic carbocycles. The van der Waals surface area contributed by atoms with Crippen molar-refractivity contribution in [3.05, 3.63) is 18.0 Å². The van der Waals surface area contributed by atoms with E-state index in [0.29, 0.717) is 24.7 Å². The predicted octanol–water partition coefficient (Wildman–Crippen LogP) is 0.639. The molecule has 0 saturated carbocycles. The van der Waals surface area contributed by atoms with E-state index in [0.717, 1.165) is 0 Å². The molecule has 0 fully saturated rings. The van der Waals surface area contributed by atoms with Crippen LogP contribution in [0.15, 0.2) is 12.3 Å². The van der Waals surface area contributed by atoms with Gasteiger partial charge in [-0.25, -0.2) is 9.78 Å². The predicted molar refractivity (Wildman–Crippen MR) is 46.6 cm³/mol. The number of aromatic nitrogens is 1. The molecule has 1 aromatic rings. The Kier molecular flexibility index (Phi) is 2.22. The van der Waals surface area contributed by atoms with E-state index in [1.807, 2.05) is 0 Å². The van der Waals surface area contributed by atoms with E-state index >= 15 is 0 Å². The van der Waals surface area contributed by atoms with Crippen LogP contribution < -0.4 is 9.47 Å². The normalized spacial score (nSPS) is 13.5. The molecule has 14 heavy (non-hydrogen) atoms. The molecule has 0 amide bonds. The molecule has 2 heterocycles. The molecule has 0 atom stereocenters. The first-order valence-corrected chi connectivity index (χ1v) is 4.15. The number of hydrogen-bond acceptors (Lipinski definition) is 5. The zero-order valence-corrected chi connectivity index (χ0v) is 7.65. The highest BCUT2D eigenvalue weighted by Gasteiger charge is 2.16. The summed E-state index contributed by atoms with van der Waals surface area (Å²) in [5.41, 5.74) is 0.219. The zero-order valence-electron chi connectivity index (χ0n) is 7.65. The maximum absolute atomic E-state index is 11.1. The fourth-order valence-corrected chi connectivity index (χ4v) is 1.17. The number of rotatable bonds is 1. The fourth-order valence-electron chi connectivity index (χ4n) is 1.17. The summed E-state index contributed by atoms with van der Waals surface area (Å²) >= 11 is 0. The standard InChI is InChI=1S/C9H9NO4/c1-12-9(11)6-4-7-8(5-10-6)14-3-2-13-7/h4-5H,2-3H2,1H3. The minimum Gasteiger partial charge on any atom is -0.486 e. The maximum atomic E-state index is 11.1. The van der Waals surface area contributed by atoms with E-state index in [4.69, 9.17) is 9.47 Å². The van der Waals surface area contributed by atoms with Gasteiger partial charge in [0, 0.05) is 6.07 Å². The molecule has 1 aliphatic rings. The Morgan fingerprint density at radius 2 is 2.14 bits per heavy atom. The first kappa shape index (κ1) is 8.80. The van der Waals surface area contributed by atoms with Gasteiger partial charge < -0.3 is 14.2 Å². The average Bonchev–Trinajstić information content (AvgIpc) is 2.27. The van der Waals surface area contributed by atoms with Gasteiger partial charge in [0.25, 0.3) is 0 Å². The largest absolute Gasteiger partial charge is 0.486 e. The van der Waals surface area contributed by atoms with Gasteiger partial charge in [0.15, 0.2) is 17.2 Å². The van der Waals surface area contributed by atoms with Crippen molar-refractivity contribution in [3.63, 3.8) is 0 Å². The summed E-state index contributed by atoms with van der Waals surface area (Å²) in [5.74, 6) is 0.609. The van der Waals surface area contributed by atoms with Crippen molar-refractivity contribution in [1.82, 2.24) is 4.98 Å². The third kappa shape index (κ3) is 1.48. The lowest BCUT2D eigenvalue weighted by Gasteiger charge is -2.17. The number of pyridine rings is 1. The number of hydrogen-bond donors (Lipinski definition) is 0. The van der Waals surface area contributed by atoms with Gasteiger partial charge in [-0.3, -0.25) is 0 Å². The minimum absolute atomic E-state index is 0.219. The molecule has 0 N–H and O–H groups in total. The molecule has 1 aliphatic heterocycles. The van der Waals surface area contributed by atoms with E-state index in [1.165, 1.54) is 19.4 Å². The second-order valence-electron chi connectivity index (χ2n) is 2.70. The van der Waals surface area contributed by atoms with Crippen molar-refractivity contribution in [3.8, 4) is 11.5 Å². The lowest BCUT2D eigenvalue weighted by Crippen LogP contribution is -2.16. The summed E-state index contributed by atoms with van der Waals surface area (Å²) in [6.07, 6.45) is 1.46. The van der Waals surface area contributed by atoms with Gasteiger partial charge in [0.2, 0.25) is 0 Å². The van der Waals surface area contributed by atoms with Crippen LogP contribution in [-0.2, 0) is 4.74 Å². The van der Waals surface area contributed by atoms with Gasteiger partial charge in [-0.05, 0) is 0 Å². The summed E-state index contributed by atoms with van der Waals surface area (Å²) in [5, 5.41) is 0. The highest BCUT2D eigenvalue weighted by atomic mass is 16.6. The molecule has 0 radical (unpaired) electrons. The molecule has 0 saturated heterocycles. The van der Waals surface area contributed by atoms with Gasteiger partial charge in [0.1, 0.15) is 13.2 Å². The summed E-state index contributed by atoms with van der Waals surface area (Å²) in [7, 11) is 1.31. The molecular weight excluding hydrogens is 186 g/mol. The smallest absolute Gasteiger partial charge is 0.356 e. The molecule has 0 bridgehead atoms. The minimum atomic E-state index is -0.484. The van der Waals surface area contributed by atoms with Crippen LogP contribution in [-0.4, -0.2) is 31.3 Å². The highest BCUT2D eigenvalue weighted by molar-refractivity contribution is 5.87. The second kappa shape index (κ2) is 3.53. The topological polar surface area (TPSA) is 57.7 Å². The quantitative estimate of drug-likeness (QED) is 0.615. The SMILES string of the molecule is COC(=O)c1cc2c(cn1)OCCO2. The Hall–Kier alpha value is -1.78. The number of carbonyl (C=O) groups is 1. The van der Waals surface area contributed by atoms with Crippen molar-refractivity contribution in [1.29, 1.82) is 0 Å². The Morgan fingerprint density at radius 3 is 2.86 bits per heavy atom. The summed E-state index contributed by atoms with van der Waals surface area (Å²) in [6, 6.07) is 1.51. The van der Waals surface area contributed by atoms with Gasteiger partial charge in [0.05, 0.1) is 13.3 Å². The Labute approximate surface area is 80.6 Å². The monoisotopic (exact) mass is 195 g/mol. The van der Waals surface area contributed by atoms with E-state index < -0.39 is 5.97 Å². The van der Waals surface area contributed by atoms with Crippen LogP contribution in [0, 0.1) is 0 Å². The number of esters is 1. The van der Waals surface area contributed by atoms with E-state index in [1.54, 1.807) is 0 Å². The average molecular weight is 195 g/mol. The van der Waals surface area contributed by atoms with E-state index in [9.17, 15) is 4.79 Å². The first-order chi connectivity index (χ1) is 6.81. The molecule has 74 valence electrons. The van der Waals surface area contributed by atoms with Crippen molar-refractivity contribution >= 4 is 5.97 Å². The van der Waals surface area contributed by atoms with Gasteiger partial charge in [-0.1, -0.05) is 0 Å². The third-order valence-corrected chi connectivity index (χ3v) is 1.82.